The van der Waals surface area contributed by atoms with Gasteiger partial charge in [0.25, 0.3) is 0 Å². The fourth-order valence-electron chi connectivity index (χ4n) is 6.20. The van der Waals surface area contributed by atoms with Crippen LogP contribution in [0, 0.1) is 0 Å². The third-order valence-corrected chi connectivity index (χ3v) is 9.63. The van der Waals surface area contributed by atoms with Crippen molar-refractivity contribution in [2.75, 3.05) is 6.61 Å². The minimum atomic E-state index is -4.52. The fraction of sp³-hybridized carbons (Fsp3) is 0.306. The topological polar surface area (TPSA) is 114 Å². The Bertz CT molecular complexity index is 2160. The molecule has 0 unspecified atom stereocenters. The number of alkyl halides is 3. The average molecular weight is 839 g/mol. The van der Waals surface area contributed by atoms with E-state index in [0.29, 0.717) is 17.9 Å². The standard InChI is InChI=1S/C49H49F3O9/c1-2-3-4-5-6-7-8-9-10-11-12-13-33-57-40-25-17-35(18-26-40)45(53)58-41-27-21-37(22-28-41)47(55)61-44-16-14-15-38(34-44)48(56)60-42-29-19-36(20-30-42)46(54)59-43-31-23-39(24-32-43)49(50,51)52/h14-32,34H,2-13,33H2,1H3. The first-order valence-electron chi connectivity index (χ1n) is 20.6. The van der Waals surface area contributed by atoms with E-state index in [0.717, 1.165) is 37.1 Å². The van der Waals surface area contributed by atoms with Crippen molar-refractivity contribution >= 4 is 23.9 Å². The minimum absolute atomic E-state index is 0.0652. The highest BCUT2D eigenvalue weighted by molar-refractivity contribution is 5.94. The van der Waals surface area contributed by atoms with Crippen molar-refractivity contribution in [2.45, 2.75) is 90.1 Å². The Morgan fingerprint density at radius 1 is 0.410 bits per heavy atom. The van der Waals surface area contributed by atoms with E-state index >= 15 is 0 Å². The second kappa shape index (κ2) is 23.4. The molecule has 0 radical (unpaired) electrons. The van der Waals surface area contributed by atoms with Crippen molar-refractivity contribution in [2.24, 2.45) is 0 Å². The van der Waals surface area contributed by atoms with Crippen LogP contribution in [0.15, 0.2) is 121 Å². The lowest BCUT2D eigenvalue weighted by Crippen LogP contribution is -2.12. The summed E-state index contributed by atoms with van der Waals surface area (Å²) in [5.41, 5.74) is -0.236. The second-order valence-electron chi connectivity index (χ2n) is 14.4. The van der Waals surface area contributed by atoms with E-state index in [4.69, 9.17) is 23.7 Å². The number of hydrogen-bond donors (Lipinski definition) is 0. The van der Waals surface area contributed by atoms with Gasteiger partial charge in [0.05, 0.1) is 34.4 Å². The van der Waals surface area contributed by atoms with Crippen LogP contribution in [0.25, 0.3) is 0 Å². The van der Waals surface area contributed by atoms with Crippen LogP contribution in [-0.4, -0.2) is 30.5 Å². The van der Waals surface area contributed by atoms with E-state index in [-0.39, 0.29) is 39.7 Å². The molecule has 0 aliphatic rings. The first-order valence-corrected chi connectivity index (χ1v) is 20.6. The zero-order valence-electron chi connectivity index (χ0n) is 34.0. The molecule has 0 fully saturated rings. The number of esters is 4. The molecule has 0 bridgehead atoms. The Morgan fingerprint density at radius 3 is 1.20 bits per heavy atom. The van der Waals surface area contributed by atoms with E-state index < -0.39 is 35.6 Å². The lowest BCUT2D eigenvalue weighted by molar-refractivity contribution is -0.137. The van der Waals surface area contributed by atoms with E-state index in [1.165, 1.54) is 137 Å². The van der Waals surface area contributed by atoms with Gasteiger partial charge in [0.15, 0.2) is 0 Å². The molecule has 0 spiro atoms. The quantitative estimate of drug-likeness (QED) is 0.0382. The molecule has 9 nitrogen and oxygen atoms in total. The van der Waals surface area contributed by atoms with Gasteiger partial charge in [-0.05, 0) is 122 Å². The molecule has 0 aliphatic carbocycles. The van der Waals surface area contributed by atoms with Crippen molar-refractivity contribution in [3.8, 4) is 28.7 Å². The molecule has 0 N–H and O–H groups in total. The van der Waals surface area contributed by atoms with Gasteiger partial charge >= 0.3 is 30.1 Å². The lowest BCUT2D eigenvalue weighted by atomic mass is 10.1. The van der Waals surface area contributed by atoms with Crippen molar-refractivity contribution in [3.63, 3.8) is 0 Å². The summed E-state index contributed by atoms with van der Waals surface area (Å²) in [6.07, 6.45) is 10.8. The molecule has 5 aromatic carbocycles. The third-order valence-electron chi connectivity index (χ3n) is 9.63. The van der Waals surface area contributed by atoms with Crippen LogP contribution in [0.1, 0.15) is 131 Å². The summed E-state index contributed by atoms with van der Waals surface area (Å²) in [5, 5.41) is 0. The Morgan fingerprint density at radius 2 is 0.770 bits per heavy atom. The van der Waals surface area contributed by atoms with E-state index in [1.54, 1.807) is 24.3 Å². The smallest absolute Gasteiger partial charge is 0.416 e. The molecule has 320 valence electrons. The maximum Gasteiger partial charge on any atom is 0.416 e. The zero-order valence-corrected chi connectivity index (χ0v) is 34.0. The molecule has 0 saturated heterocycles. The summed E-state index contributed by atoms with van der Waals surface area (Å²) in [7, 11) is 0. The van der Waals surface area contributed by atoms with Crippen LogP contribution in [-0.2, 0) is 6.18 Å². The molecule has 0 amide bonds. The van der Waals surface area contributed by atoms with Crippen molar-refractivity contribution in [1.29, 1.82) is 0 Å². The largest absolute Gasteiger partial charge is 0.494 e. The summed E-state index contributed by atoms with van der Waals surface area (Å²) in [6.45, 7) is 2.87. The average Bonchev–Trinajstić information content (AvgIpc) is 3.26. The molecule has 61 heavy (non-hydrogen) atoms. The maximum absolute atomic E-state index is 12.9. The summed E-state index contributed by atoms with van der Waals surface area (Å²) >= 11 is 0. The van der Waals surface area contributed by atoms with E-state index in [9.17, 15) is 32.3 Å². The van der Waals surface area contributed by atoms with Gasteiger partial charge in [0.2, 0.25) is 0 Å². The molecule has 5 rings (SSSR count). The van der Waals surface area contributed by atoms with Crippen molar-refractivity contribution < 1.29 is 56.0 Å². The van der Waals surface area contributed by atoms with Crippen LogP contribution >= 0.6 is 0 Å². The van der Waals surface area contributed by atoms with Gasteiger partial charge in [-0.2, -0.15) is 13.2 Å². The maximum atomic E-state index is 12.9. The lowest BCUT2D eigenvalue weighted by Gasteiger charge is -2.09. The number of ether oxygens (including phenoxy) is 5. The van der Waals surface area contributed by atoms with Gasteiger partial charge in [-0.1, -0.05) is 83.6 Å². The Hall–Kier alpha value is -6.43. The summed E-state index contributed by atoms with van der Waals surface area (Å²) in [6, 6.07) is 27.4. The minimum Gasteiger partial charge on any atom is -0.494 e. The normalized spacial score (nSPS) is 11.1. The Labute approximate surface area is 353 Å². The fourth-order valence-corrected chi connectivity index (χ4v) is 6.20. The molecule has 12 heteroatoms. The molecular formula is C49H49F3O9. The summed E-state index contributed by atoms with van der Waals surface area (Å²) < 4.78 is 65.7. The van der Waals surface area contributed by atoms with Gasteiger partial charge in [-0.25, -0.2) is 19.2 Å². The molecule has 0 atom stereocenters. The number of carbonyl (C=O) groups excluding carboxylic acids is 4. The van der Waals surface area contributed by atoms with Crippen molar-refractivity contribution in [3.05, 3.63) is 149 Å². The molecule has 0 aliphatic heterocycles. The number of hydrogen-bond acceptors (Lipinski definition) is 9. The third kappa shape index (κ3) is 15.3. The molecule has 0 saturated carbocycles. The van der Waals surface area contributed by atoms with Crippen molar-refractivity contribution in [1.82, 2.24) is 0 Å². The summed E-state index contributed by atoms with van der Waals surface area (Å²) in [5.74, 6) is -1.90. The van der Waals surface area contributed by atoms with E-state index in [1.807, 2.05) is 0 Å². The highest BCUT2D eigenvalue weighted by Crippen LogP contribution is 2.30. The van der Waals surface area contributed by atoms with Gasteiger partial charge in [0.1, 0.15) is 28.7 Å². The van der Waals surface area contributed by atoms with Crippen LogP contribution in [0.3, 0.4) is 0 Å². The van der Waals surface area contributed by atoms with E-state index in [2.05, 4.69) is 6.92 Å². The Kier molecular flexibility index (Phi) is 17.5. The predicted octanol–water partition coefficient (Wildman–Crippen LogP) is 12.7. The molecule has 0 heterocycles. The first-order chi connectivity index (χ1) is 29.5. The van der Waals surface area contributed by atoms with Gasteiger partial charge in [0, 0.05) is 0 Å². The van der Waals surface area contributed by atoms with Crippen LogP contribution in [0.5, 0.6) is 28.7 Å². The highest BCUT2D eigenvalue weighted by atomic mass is 19.4. The second-order valence-corrected chi connectivity index (χ2v) is 14.4. The molecule has 0 aromatic heterocycles. The highest BCUT2D eigenvalue weighted by Gasteiger charge is 2.30. The number of unbranched alkanes of at least 4 members (excludes halogenated alkanes) is 11. The Balaban J connectivity index is 1.01. The predicted molar refractivity (Wildman–Crippen MR) is 224 cm³/mol. The number of carbonyl (C=O) groups is 4. The van der Waals surface area contributed by atoms with Gasteiger partial charge in [-0.15, -0.1) is 0 Å². The molecular weight excluding hydrogens is 790 g/mol. The van der Waals surface area contributed by atoms with Crippen LogP contribution in [0.4, 0.5) is 13.2 Å². The first kappa shape index (κ1) is 45.7. The SMILES string of the molecule is CCCCCCCCCCCCCCOc1ccc(C(=O)Oc2ccc(C(=O)Oc3cccc(C(=O)Oc4ccc(C(=O)Oc5ccc(C(F)(F)F)cc5)cc4)c3)cc2)cc1. The van der Waals surface area contributed by atoms with Gasteiger partial charge in [-0.3, -0.25) is 0 Å². The molecule has 5 aromatic rings. The number of halogens is 3. The number of benzene rings is 5. The van der Waals surface area contributed by atoms with Crippen LogP contribution in [0.2, 0.25) is 0 Å². The monoisotopic (exact) mass is 838 g/mol. The van der Waals surface area contributed by atoms with Crippen LogP contribution < -0.4 is 23.7 Å². The summed E-state index contributed by atoms with van der Waals surface area (Å²) in [4.78, 5) is 51.0. The zero-order chi connectivity index (χ0) is 43.5. The number of rotatable bonds is 22. The van der Waals surface area contributed by atoms with Gasteiger partial charge < -0.3 is 23.7 Å².